The van der Waals surface area contributed by atoms with Crippen molar-refractivity contribution in [1.29, 1.82) is 0 Å². The zero-order chi connectivity index (χ0) is 11.6. The third-order valence-electron chi connectivity index (χ3n) is 3.25. The largest absolute Gasteiger partial charge is 0.376 e. The highest BCUT2D eigenvalue weighted by molar-refractivity contribution is 5.28. The van der Waals surface area contributed by atoms with Gasteiger partial charge in [-0.25, -0.2) is 9.97 Å². The predicted octanol–water partition coefficient (Wildman–Crippen LogP) is 2.07. The van der Waals surface area contributed by atoms with Crippen LogP contribution in [-0.2, 0) is 4.74 Å². The van der Waals surface area contributed by atoms with Gasteiger partial charge in [-0.1, -0.05) is 0 Å². The molecule has 1 saturated carbocycles. The lowest BCUT2D eigenvalue weighted by Crippen LogP contribution is -2.45. The summed E-state index contributed by atoms with van der Waals surface area (Å²) in [5, 5.41) is 3.27. The Morgan fingerprint density at radius 1 is 1.31 bits per heavy atom. The first-order valence-corrected chi connectivity index (χ1v) is 5.75. The summed E-state index contributed by atoms with van der Waals surface area (Å²) in [7, 11) is 1.78. The number of aryl methyl sites for hydroxylation is 2. The fraction of sp³-hybridized carbons (Fsp3) is 0.667. The highest BCUT2D eigenvalue weighted by Crippen LogP contribution is 2.34. The number of ether oxygens (including phenoxy) is 1. The summed E-state index contributed by atoms with van der Waals surface area (Å²) in [5.41, 5.74) is 2.01. The molecular formula is C12H19N3O. The van der Waals surface area contributed by atoms with Gasteiger partial charge in [-0.3, -0.25) is 0 Å². The third-order valence-corrected chi connectivity index (χ3v) is 3.25. The summed E-state index contributed by atoms with van der Waals surface area (Å²) in [5.74, 6) is 0.709. The van der Waals surface area contributed by atoms with Crippen molar-refractivity contribution in [3.8, 4) is 0 Å². The molecule has 1 heterocycles. The highest BCUT2D eigenvalue weighted by Gasteiger charge is 2.36. The second-order valence-corrected chi connectivity index (χ2v) is 4.57. The first kappa shape index (κ1) is 11.3. The van der Waals surface area contributed by atoms with Crippen molar-refractivity contribution in [3.63, 3.8) is 0 Å². The summed E-state index contributed by atoms with van der Waals surface area (Å²) < 4.78 is 5.54. The monoisotopic (exact) mass is 221 g/mol. The van der Waals surface area contributed by atoms with E-state index in [0.717, 1.165) is 30.8 Å². The smallest absolute Gasteiger partial charge is 0.223 e. The number of hydrogen-bond donors (Lipinski definition) is 1. The lowest BCUT2D eigenvalue weighted by Gasteiger charge is -2.40. The lowest BCUT2D eigenvalue weighted by atomic mass is 9.80. The topological polar surface area (TPSA) is 47.0 Å². The molecular weight excluding hydrogens is 202 g/mol. The molecule has 0 spiro atoms. The highest BCUT2D eigenvalue weighted by atomic mass is 16.5. The Labute approximate surface area is 96.4 Å². The Bertz CT molecular complexity index is 349. The molecule has 1 aromatic rings. The van der Waals surface area contributed by atoms with Crippen LogP contribution in [0.3, 0.4) is 0 Å². The third kappa shape index (κ3) is 2.32. The van der Waals surface area contributed by atoms with Gasteiger partial charge in [-0.15, -0.1) is 0 Å². The van der Waals surface area contributed by atoms with E-state index in [1.54, 1.807) is 7.11 Å². The zero-order valence-corrected chi connectivity index (χ0v) is 10.2. The first-order chi connectivity index (χ1) is 7.63. The van der Waals surface area contributed by atoms with Gasteiger partial charge >= 0.3 is 0 Å². The van der Waals surface area contributed by atoms with Crippen LogP contribution in [-0.4, -0.2) is 29.2 Å². The molecule has 0 amide bonds. The van der Waals surface area contributed by atoms with Crippen LogP contribution in [0.2, 0.25) is 0 Å². The summed E-state index contributed by atoms with van der Waals surface area (Å²) in [4.78, 5) is 8.70. The quantitative estimate of drug-likeness (QED) is 0.845. The van der Waals surface area contributed by atoms with Crippen molar-refractivity contribution < 1.29 is 4.74 Å². The van der Waals surface area contributed by atoms with Crippen molar-refractivity contribution in [1.82, 2.24) is 9.97 Å². The van der Waals surface area contributed by atoms with E-state index in [1.165, 1.54) is 6.42 Å². The molecule has 0 bridgehead atoms. The van der Waals surface area contributed by atoms with Crippen LogP contribution in [0.25, 0.3) is 0 Å². The summed E-state index contributed by atoms with van der Waals surface area (Å²) in [6.07, 6.45) is 3.51. The molecule has 0 aliphatic heterocycles. The van der Waals surface area contributed by atoms with E-state index < -0.39 is 0 Å². The van der Waals surface area contributed by atoms with Gasteiger partial charge in [0.25, 0.3) is 0 Å². The molecule has 88 valence electrons. The molecule has 0 atom stereocenters. The molecule has 0 saturated heterocycles. The standard InChI is InChI=1S/C12H19N3O/c1-9-7-10(2)15-11(14-9)13-8-12(16-3)5-4-6-12/h7H,4-6,8H2,1-3H3,(H,13,14,15). The molecule has 1 aromatic heterocycles. The van der Waals surface area contributed by atoms with E-state index >= 15 is 0 Å². The molecule has 0 unspecified atom stereocenters. The van der Waals surface area contributed by atoms with E-state index in [2.05, 4.69) is 15.3 Å². The SMILES string of the molecule is COC1(CNc2nc(C)cc(C)n2)CCC1. The number of methoxy groups -OCH3 is 1. The second-order valence-electron chi connectivity index (χ2n) is 4.57. The number of aromatic nitrogens is 2. The van der Waals surface area contributed by atoms with Crippen LogP contribution in [0.5, 0.6) is 0 Å². The summed E-state index contributed by atoms with van der Waals surface area (Å²) in [6.45, 7) is 4.76. The average molecular weight is 221 g/mol. The van der Waals surface area contributed by atoms with Crippen LogP contribution in [0.15, 0.2) is 6.07 Å². The Morgan fingerprint density at radius 3 is 2.38 bits per heavy atom. The predicted molar refractivity (Wildman–Crippen MR) is 63.6 cm³/mol. The van der Waals surface area contributed by atoms with Crippen LogP contribution in [0.4, 0.5) is 5.95 Å². The van der Waals surface area contributed by atoms with Crippen molar-refractivity contribution in [2.45, 2.75) is 38.7 Å². The Kier molecular flexibility index (Phi) is 3.10. The van der Waals surface area contributed by atoms with E-state index in [1.807, 2.05) is 19.9 Å². The number of nitrogens with one attached hydrogen (secondary N) is 1. The maximum Gasteiger partial charge on any atom is 0.223 e. The maximum atomic E-state index is 5.54. The molecule has 1 N–H and O–H groups in total. The average Bonchev–Trinajstić information content (AvgIpc) is 2.15. The van der Waals surface area contributed by atoms with Crippen LogP contribution >= 0.6 is 0 Å². The summed E-state index contributed by atoms with van der Waals surface area (Å²) >= 11 is 0. The molecule has 0 radical (unpaired) electrons. The zero-order valence-electron chi connectivity index (χ0n) is 10.2. The first-order valence-electron chi connectivity index (χ1n) is 5.75. The Hall–Kier alpha value is -1.16. The Balaban J connectivity index is 1.98. The fourth-order valence-corrected chi connectivity index (χ4v) is 2.07. The van der Waals surface area contributed by atoms with Crippen LogP contribution in [0, 0.1) is 13.8 Å². The number of nitrogens with zero attached hydrogens (tertiary/aromatic N) is 2. The van der Waals surface area contributed by atoms with Gasteiger partial charge in [-0.05, 0) is 39.2 Å². The van der Waals surface area contributed by atoms with Gasteiger partial charge in [0.1, 0.15) is 0 Å². The normalized spacial score (nSPS) is 17.9. The minimum Gasteiger partial charge on any atom is -0.376 e. The molecule has 1 aliphatic carbocycles. The van der Waals surface area contributed by atoms with E-state index in [0.29, 0.717) is 5.95 Å². The van der Waals surface area contributed by atoms with Crippen LogP contribution < -0.4 is 5.32 Å². The molecule has 0 aromatic carbocycles. The molecule has 4 heteroatoms. The van der Waals surface area contributed by atoms with E-state index in [4.69, 9.17) is 4.74 Å². The van der Waals surface area contributed by atoms with Gasteiger partial charge in [-0.2, -0.15) is 0 Å². The lowest BCUT2D eigenvalue weighted by molar-refractivity contribution is -0.0602. The number of anilines is 1. The van der Waals surface area contributed by atoms with Crippen molar-refractivity contribution in [3.05, 3.63) is 17.5 Å². The minimum absolute atomic E-state index is 0.0149. The van der Waals surface area contributed by atoms with Gasteiger partial charge in [0.15, 0.2) is 0 Å². The second kappa shape index (κ2) is 4.37. The molecule has 2 rings (SSSR count). The van der Waals surface area contributed by atoms with E-state index in [-0.39, 0.29) is 5.60 Å². The van der Waals surface area contributed by atoms with Crippen molar-refractivity contribution in [2.75, 3.05) is 19.0 Å². The minimum atomic E-state index is 0.0149. The molecule has 1 fully saturated rings. The molecule has 16 heavy (non-hydrogen) atoms. The van der Waals surface area contributed by atoms with Crippen LogP contribution in [0.1, 0.15) is 30.7 Å². The number of rotatable bonds is 4. The van der Waals surface area contributed by atoms with Gasteiger partial charge in [0.2, 0.25) is 5.95 Å². The number of hydrogen-bond acceptors (Lipinski definition) is 4. The van der Waals surface area contributed by atoms with Gasteiger partial charge in [0.05, 0.1) is 5.60 Å². The Morgan fingerprint density at radius 2 is 1.94 bits per heavy atom. The van der Waals surface area contributed by atoms with E-state index in [9.17, 15) is 0 Å². The van der Waals surface area contributed by atoms with Crippen molar-refractivity contribution in [2.24, 2.45) is 0 Å². The molecule has 4 nitrogen and oxygen atoms in total. The summed E-state index contributed by atoms with van der Waals surface area (Å²) in [6, 6.07) is 1.97. The molecule has 1 aliphatic rings. The maximum absolute atomic E-state index is 5.54. The fourth-order valence-electron chi connectivity index (χ4n) is 2.07. The van der Waals surface area contributed by atoms with Gasteiger partial charge in [0, 0.05) is 25.0 Å². The van der Waals surface area contributed by atoms with Crippen molar-refractivity contribution >= 4 is 5.95 Å². The van der Waals surface area contributed by atoms with Gasteiger partial charge < -0.3 is 10.1 Å².